The Balaban J connectivity index is 1.77. The fourth-order valence-electron chi connectivity index (χ4n) is 1.76. The zero-order valence-electron chi connectivity index (χ0n) is 10.0. The highest BCUT2D eigenvalue weighted by Gasteiger charge is 2.01. The third-order valence-electron chi connectivity index (χ3n) is 2.72. The van der Waals surface area contributed by atoms with Gasteiger partial charge in [0.25, 0.3) is 0 Å². The van der Waals surface area contributed by atoms with E-state index in [0.717, 1.165) is 21.0 Å². The van der Waals surface area contributed by atoms with E-state index in [1.54, 1.807) is 30.1 Å². The zero-order valence-corrected chi connectivity index (χ0v) is 10.8. The van der Waals surface area contributed by atoms with Crippen LogP contribution < -0.4 is 0 Å². The molecular weight excluding hydrogens is 259 g/mol. The second-order valence-corrected chi connectivity index (χ2v) is 5.20. The van der Waals surface area contributed by atoms with Gasteiger partial charge in [0.05, 0.1) is 5.69 Å². The third kappa shape index (κ3) is 2.85. The zero-order chi connectivity index (χ0) is 13.1. The van der Waals surface area contributed by atoms with Crippen LogP contribution in [0.25, 0.3) is 11.3 Å². The molecule has 0 saturated heterocycles. The Bertz CT molecular complexity index is 646. The molecule has 0 unspecified atom stereocenters. The van der Waals surface area contributed by atoms with Crippen LogP contribution in [0, 0.1) is 5.82 Å². The van der Waals surface area contributed by atoms with Gasteiger partial charge in [-0.05, 0) is 48.0 Å². The average Bonchev–Trinajstić information content (AvgIpc) is 2.96. The quantitative estimate of drug-likeness (QED) is 0.765. The lowest BCUT2D eigenvalue weighted by Gasteiger charge is -2.03. The van der Waals surface area contributed by atoms with Crippen LogP contribution in [0.5, 0.6) is 0 Å². The highest BCUT2D eigenvalue weighted by molar-refractivity contribution is 7.99. The minimum absolute atomic E-state index is 0.209. The normalized spacial score (nSPS) is 10.6. The maximum atomic E-state index is 12.8. The molecule has 3 aromatic rings. The van der Waals surface area contributed by atoms with Gasteiger partial charge in [-0.15, -0.1) is 0 Å². The molecule has 0 saturated carbocycles. The average molecular weight is 270 g/mol. The molecule has 1 heterocycles. The van der Waals surface area contributed by atoms with Crippen molar-refractivity contribution in [3.05, 3.63) is 66.6 Å². The fraction of sp³-hybridized carbons (Fsp3) is 0. The number of rotatable bonds is 3. The minimum Gasteiger partial charge on any atom is -0.278 e. The Morgan fingerprint density at radius 1 is 0.842 bits per heavy atom. The van der Waals surface area contributed by atoms with Gasteiger partial charge in [0.15, 0.2) is 0 Å². The van der Waals surface area contributed by atoms with Gasteiger partial charge in [-0.1, -0.05) is 23.9 Å². The number of benzene rings is 2. The molecule has 0 aliphatic rings. The van der Waals surface area contributed by atoms with Crippen LogP contribution >= 0.6 is 11.8 Å². The van der Waals surface area contributed by atoms with Crippen LogP contribution in [0.1, 0.15) is 0 Å². The predicted octanol–water partition coefficient (Wildman–Crippen LogP) is 4.37. The van der Waals surface area contributed by atoms with E-state index >= 15 is 0 Å². The molecule has 1 aromatic heterocycles. The lowest BCUT2D eigenvalue weighted by Crippen LogP contribution is -1.79. The van der Waals surface area contributed by atoms with Crippen LogP contribution in [-0.2, 0) is 0 Å². The van der Waals surface area contributed by atoms with Crippen molar-refractivity contribution >= 4 is 11.8 Å². The van der Waals surface area contributed by atoms with Crippen LogP contribution in [0.3, 0.4) is 0 Å². The van der Waals surface area contributed by atoms with Gasteiger partial charge in [0, 0.05) is 16.0 Å². The maximum Gasteiger partial charge on any atom is 0.123 e. The van der Waals surface area contributed by atoms with Crippen molar-refractivity contribution in [3.8, 4) is 11.3 Å². The molecule has 0 fully saturated rings. The standard InChI is InChI=1S/C15H11FN2S/c16-12-3-7-14(8-4-12)19-13-5-1-11(2-6-13)15-9-10-17-18-15/h1-10H,(H,17,18). The second kappa shape index (κ2) is 5.28. The number of hydrogen-bond acceptors (Lipinski definition) is 2. The molecule has 3 rings (SSSR count). The van der Waals surface area contributed by atoms with Gasteiger partial charge in [-0.25, -0.2) is 4.39 Å². The molecule has 0 aliphatic carbocycles. The van der Waals surface area contributed by atoms with E-state index in [4.69, 9.17) is 0 Å². The van der Waals surface area contributed by atoms with Crippen molar-refractivity contribution in [2.45, 2.75) is 9.79 Å². The molecule has 0 spiro atoms. The van der Waals surface area contributed by atoms with Gasteiger partial charge in [-0.2, -0.15) is 5.10 Å². The van der Waals surface area contributed by atoms with Gasteiger partial charge < -0.3 is 0 Å². The summed E-state index contributed by atoms with van der Waals surface area (Å²) in [5, 5.41) is 6.86. The summed E-state index contributed by atoms with van der Waals surface area (Å²) in [7, 11) is 0. The molecule has 4 heteroatoms. The maximum absolute atomic E-state index is 12.8. The third-order valence-corrected chi connectivity index (χ3v) is 3.73. The van der Waals surface area contributed by atoms with Crippen molar-refractivity contribution in [1.82, 2.24) is 10.2 Å². The molecule has 1 N–H and O–H groups in total. The Kier molecular flexibility index (Phi) is 3.33. The largest absolute Gasteiger partial charge is 0.278 e. The van der Waals surface area contributed by atoms with E-state index in [1.165, 1.54) is 12.1 Å². The second-order valence-electron chi connectivity index (χ2n) is 4.05. The van der Waals surface area contributed by atoms with Crippen molar-refractivity contribution in [2.75, 3.05) is 0 Å². The summed E-state index contributed by atoms with van der Waals surface area (Å²) >= 11 is 1.61. The number of halogens is 1. The van der Waals surface area contributed by atoms with Crippen LogP contribution in [-0.4, -0.2) is 10.2 Å². The lowest BCUT2D eigenvalue weighted by atomic mass is 10.2. The topological polar surface area (TPSA) is 28.7 Å². The number of aromatic amines is 1. The van der Waals surface area contributed by atoms with Crippen molar-refractivity contribution in [3.63, 3.8) is 0 Å². The molecule has 94 valence electrons. The van der Waals surface area contributed by atoms with E-state index in [0.29, 0.717) is 0 Å². The number of nitrogens with one attached hydrogen (secondary N) is 1. The van der Waals surface area contributed by atoms with Crippen LogP contribution in [0.15, 0.2) is 70.6 Å². The summed E-state index contributed by atoms with van der Waals surface area (Å²) < 4.78 is 12.8. The summed E-state index contributed by atoms with van der Waals surface area (Å²) in [6.45, 7) is 0. The molecule has 2 aromatic carbocycles. The highest BCUT2D eigenvalue weighted by Crippen LogP contribution is 2.29. The molecule has 2 nitrogen and oxygen atoms in total. The number of nitrogens with zero attached hydrogens (tertiary/aromatic N) is 1. The molecule has 0 atom stereocenters. The van der Waals surface area contributed by atoms with Gasteiger partial charge in [0.1, 0.15) is 5.82 Å². The van der Waals surface area contributed by atoms with Gasteiger partial charge in [0.2, 0.25) is 0 Å². The first-order chi connectivity index (χ1) is 9.31. The number of hydrogen-bond donors (Lipinski definition) is 1. The Morgan fingerprint density at radius 2 is 1.47 bits per heavy atom. The van der Waals surface area contributed by atoms with Crippen molar-refractivity contribution in [2.24, 2.45) is 0 Å². The van der Waals surface area contributed by atoms with E-state index < -0.39 is 0 Å². The highest BCUT2D eigenvalue weighted by atomic mass is 32.2. The molecule has 0 bridgehead atoms. The summed E-state index contributed by atoms with van der Waals surface area (Å²) in [5.74, 6) is -0.209. The summed E-state index contributed by atoms with van der Waals surface area (Å²) in [6.07, 6.45) is 1.73. The molecule has 0 radical (unpaired) electrons. The molecule has 0 amide bonds. The Morgan fingerprint density at radius 3 is 2.05 bits per heavy atom. The van der Waals surface area contributed by atoms with Gasteiger partial charge >= 0.3 is 0 Å². The number of H-pyrrole nitrogens is 1. The number of aromatic nitrogens is 2. The van der Waals surface area contributed by atoms with E-state index in [9.17, 15) is 4.39 Å². The fourth-order valence-corrected chi connectivity index (χ4v) is 2.57. The van der Waals surface area contributed by atoms with E-state index in [1.807, 2.05) is 30.3 Å². The van der Waals surface area contributed by atoms with E-state index in [2.05, 4.69) is 10.2 Å². The first-order valence-electron chi connectivity index (χ1n) is 5.84. The predicted molar refractivity (Wildman–Crippen MR) is 74.5 cm³/mol. The summed E-state index contributed by atoms with van der Waals surface area (Å²) in [4.78, 5) is 2.14. The van der Waals surface area contributed by atoms with E-state index in [-0.39, 0.29) is 5.82 Å². The van der Waals surface area contributed by atoms with Crippen LogP contribution in [0.2, 0.25) is 0 Å². The first-order valence-corrected chi connectivity index (χ1v) is 6.66. The molecule has 0 aliphatic heterocycles. The van der Waals surface area contributed by atoms with Crippen molar-refractivity contribution < 1.29 is 4.39 Å². The summed E-state index contributed by atoms with van der Waals surface area (Å²) in [5.41, 5.74) is 2.10. The van der Waals surface area contributed by atoms with Gasteiger partial charge in [-0.3, -0.25) is 5.10 Å². The Hall–Kier alpha value is -2.07. The smallest absolute Gasteiger partial charge is 0.123 e. The monoisotopic (exact) mass is 270 g/mol. The van der Waals surface area contributed by atoms with Crippen molar-refractivity contribution in [1.29, 1.82) is 0 Å². The first kappa shape index (κ1) is 12.0. The lowest BCUT2D eigenvalue weighted by molar-refractivity contribution is 0.626. The summed E-state index contributed by atoms with van der Waals surface area (Å²) in [6, 6.07) is 16.6. The Labute approximate surface area is 114 Å². The molecular formula is C15H11FN2S. The van der Waals surface area contributed by atoms with Crippen LogP contribution in [0.4, 0.5) is 4.39 Å². The molecule has 19 heavy (non-hydrogen) atoms. The SMILES string of the molecule is Fc1ccc(Sc2ccc(-c3ccn[nH]3)cc2)cc1. The minimum atomic E-state index is -0.209.